The Bertz CT molecular complexity index is 889. The Morgan fingerprint density at radius 3 is 2.64 bits per heavy atom. The first-order chi connectivity index (χ1) is 13.2. The second-order valence-electron chi connectivity index (χ2n) is 8.48. The zero-order valence-electron chi connectivity index (χ0n) is 16.9. The predicted octanol–water partition coefficient (Wildman–Crippen LogP) is 4.41. The molecule has 2 aromatic rings. The van der Waals surface area contributed by atoms with Crippen molar-refractivity contribution in [1.29, 1.82) is 0 Å². The number of imidazole rings is 1. The van der Waals surface area contributed by atoms with Crippen molar-refractivity contribution in [2.24, 2.45) is 13.0 Å². The van der Waals surface area contributed by atoms with Gasteiger partial charge in [0.05, 0.1) is 5.92 Å². The van der Waals surface area contributed by atoms with Crippen molar-refractivity contribution in [2.75, 3.05) is 0 Å². The smallest absolute Gasteiger partial charge is 0.310 e. The average Bonchev–Trinajstić information content (AvgIpc) is 3.04. The zero-order valence-corrected chi connectivity index (χ0v) is 16.9. The van der Waals surface area contributed by atoms with Gasteiger partial charge in [0.25, 0.3) is 0 Å². The van der Waals surface area contributed by atoms with Crippen LogP contribution in [0.3, 0.4) is 0 Å². The number of esters is 1. The number of aryl methyl sites for hydroxylation is 1. The van der Waals surface area contributed by atoms with Gasteiger partial charge in [-0.1, -0.05) is 36.3 Å². The maximum atomic E-state index is 15.6. The van der Waals surface area contributed by atoms with Crippen LogP contribution < -0.4 is 0 Å². The minimum absolute atomic E-state index is 0.165. The van der Waals surface area contributed by atoms with Gasteiger partial charge in [-0.05, 0) is 45.1 Å². The number of alkyl halides is 1. The van der Waals surface area contributed by atoms with Crippen molar-refractivity contribution in [3.8, 4) is 11.8 Å². The fourth-order valence-corrected chi connectivity index (χ4v) is 3.66. The van der Waals surface area contributed by atoms with Gasteiger partial charge in [0.1, 0.15) is 5.60 Å². The third kappa shape index (κ3) is 4.81. The number of aromatic nitrogens is 2. The summed E-state index contributed by atoms with van der Waals surface area (Å²) in [6, 6.07) is 9.63. The predicted molar refractivity (Wildman–Crippen MR) is 106 cm³/mol. The number of hydrogen-bond acceptors (Lipinski definition) is 3. The first kappa shape index (κ1) is 20.1. The third-order valence-electron chi connectivity index (χ3n) is 5.04. The monoisotopic (exact) mass is 382 g/mol. The molecule has 4 nitrogen and oxygen atoms in total. The third-order valence-corrected chi connectivity index (χ3v) is 5.04. The molecule has 0 aliphatic heterocycles. The highest BCUT2D eigenvalue weighted by molar-refractivity contribution is 5.74. The molecule has 28 heavy (non-hydrogen) atoms. The SMILES string of the molecule is Cn1ccnc1C#C[C@]1(F)CC[C@@H](C(=O)OC(C)(C)C)[C@H](c2ccccc2)C1. The van der Waals surface area contributed by atoms with Crippen LogP contribution >= 0.6 is 0 Å². The molecule has 1 aromatic carbocycles. The lowest BCUT2D eigenvalue weighted by Crippen LogP contribution is -2.39. The van der Waals surface area contributed by atoms with Crippen molar-refractivity contribution >= 4 is 5.97 Å². The number of hydrogen-bond donors (Lipinski definition) is 0. The molecule has 5 heteroatoms. The van der Waals surface area contributed by atoms with Crippen LogP contribution in [0.25, 0.3) is 0 Å². The lowest BCUT2D eigenvalue weighted by atomic mass is 9.70. The van der Waals surface area contributed by atoms with E-state index in [-0.39, 0.29) is 30.6 Å². The van der Waals surface area contributed by atoms with Crippen LogP contribution in [-0.2, 0) is 16.6 Å². The fourth-order valence-electron chi connectivity index (χ4n) is 3.66. The highest BCUT2D eigenvalue weighted by Gasteiger charge is 2.45. The molecule has 0 bridgehead atoms. The van der Waals surface area contributed by atoms with E-state index in [2.05, 4.69) is 16.8 Å². The van der Waals surface area contributed by atoms with Gasteiger partial charge in [0.2, 0.25) is 0 Å². The Morgan fingerprint density at radius 1 is 1.32 bits per heavy atom. The molecule has 1 aliphatic carbocycles. The molecule has 1 aliphatic rings. The van der Waals surface area contributed by atoms with E-state index >= 15 is 4.39 Å². The summed E-state index contributed by atoms with van der Waals surface area (Å²) in [7, 11) is 1.83. The van der Waals surface area contributed by atoms with Crippen LogP contribution in [0.15, 0.2) is 42.7 Å². The molecule has 0 amide bonds. The minimum atomic E-state index is -1.66. The molecular weight excluding hydrogens is 355 g/mol. The number of carbonyl (C=O) groups is 1. The molecule has 1 heterocycles. The van der Waals surface area contributed by atoms with E-state index in [1.807, 2.05) is 58.2 Å². The molecule has 148 valence electrons. The molecule has 0 unspecified atom stereocenters. The lowest BCUT2D eigenvalue weighted by molar-refractivity contribution is -0.162. The van der Waals surface area contributed by atoms with Crippen molar-refractivity contribution in [1.82, 2.24) is 9.55 Å². The second kappa shape index (κ2) is 7.79. The van der Waals surface area contributed by atoms with E-state index in [9.17, 15) is 4.79 Å². The standard InChI is InChI=1S/C23H27FN2O2/c1-22(2,3)28-21(27)18-10-12-23(24,13-11-20-25-14-15-26(20)4)16-19(18)17-8-6-5-7-9-17/h5-9,14-15,18-19H,10,12,16H2,1-4H3/t18-,19+,23-/m1/s1. The van der Waals surface area contributed by atoms with Gasteiger partial charge in [0.15, 0.2) is 11.5 Å². The van der Waals surface area contributed by atoms with Gasteiger partial charge in [-0.15, -0.1) is 0 Å². The summed E-state index contributed by atoms with van der Waals surface area (Å²) in [6.45, 7) is 5.55. The van der Waals surface area contributed by atoms with Gasteiger partial charge in [-0.3, -0.25) is 4.79 Å². The molecule has 0 N–H and O–H groups in total. The summed E-state index contributed by atoms with van der Waals surface area (Å²) in [4.78, 5) is 16.9. The number of benzene rings is 1. The molecule has 0 spiro atoms. The van der Waals surface area contributed by atoms with Gasteiger partial charge >= 0.3 is 5.97 Å². The Balaban J connectivity index is 1.88. The van der Waals surface area contributed by atoms with Crippen LogP contribution in [0.1, 0.15) is 57.3 Å². The molecular formula is C23H27FN2O2. The summed E-state index contributed by atoms with van der Waals surface area (Å²) >= 11 is 0. The highest BCUT2D eigenvalue weighted by atomic mass is 19.1. The number of nitrogens with zero attached hydrogens (tertiary/aromatic N) is 2. The molecule has 0 saturated heterocycles. The van der Waals surface area contributed by atoms with Crippen LogP contribution in [0.5, 0.6) is 0 Å². The summed E-state index contributed by atoms with van der Waals surface area (Å²) < 4.78 is 23.0. The quantitative estimate of drug-likeness (QED) is 0.571. The Labute approximate surface area is 166 Å². The van der Waals surface area contributed by atoms with Crippen molar-refractivity contribution in [3.63, 3.8) is 0 Å². The minimum Gasteiger partial charge on any atom is -0.460 e. The van der Waals surface area contributed by atoms with E-state index in [0.717, 1.165) is 5.56 Å². The summed E-state index contributed by atoms with van der Waals surface area (Å²) in [5, 5.41) is 0. The maximum Gasteiger partial charge on any atom is 0.310 e. The lowest BCUT2D eigenvalue weighted by Gasteiger charge is -2.37. The summed E-state index contributed by atoms with van der Waals surface area (Å²) in [5.74, 6) is 5.28. The maximum absolute atomic E-state index is 15.6. The topological polar surface area (TPSA) is 44.1 Å². The number of halogens is 1. The summed E-state index contributed by atoms with van der Waals surface area (Å²) in [6.07, 6.45) is 4.19. The van der Waals surface area contributed by atoms with Gasteiger partial charge in [-0.2, -0.15) is 0 Å². The largest absolute Gasteiger partial charge is 0.460 e. The first-order valence-corrected chi connectivity index (χ1v) is 9.64. The van der Waals surface area contributed by atoms with Crippen LogP contribution in [0.2, 0.25) is 0 Å². The molecule has 1 saturated carbocycles. The van der Waals surface area contributed by atoms with Crippen LogP contribution in [0.4, 0.5) is 4.39 Å². The fraction of sp³-hybridized carbons (Fsp3) is 0.478. The van der Waals surface area contributed by atoms with Gasteiger partial charge in [0, 0.05) is 31.8 Å². The average molecular weight is 382 g/mol. The van der Waals surface area contributed by atoms with Crippen LogP contribution in [-0.4, -0.2) is 26.8 Å². The van der Waals surface area contributed by atoms with Crippen LogP contribution in [0, 0.1) is 17.8 Å². The Kier molecular flexibility index (Phi) is 5.60. The van der Waals surface area contributed by atoms with E-state index < -0.39 is 11.3 Å². The van der Waals surface area contributed by atoms with E-state index in [0.29, 0.717) is 12.2 Å². The number of rotatable bonds is 2. The molecule has 0 radical (unpaired) electrons. The molecule has 1 fully saturated rings. The Hall–Kier alpha value is -2.61. The second-order valence-corrected chi connectivity index (χ2v) is 8.48. The first-order valence-electron chi connectivity index (χ1n) is 9.64. The van der Waals surface area contributed by atoms with Gasteiger partial charge in [-0.25, -0.2) is 9.37 Å². The summed E-state index contributed by atoms with van der Waals surface area (Å²) in [5.41, 5.74) is -1.29. The van der Waals surface area contributed by atoms with Crippen molar-refractivity contribution in [3.05, 3.63) is 54.1 Å². The number of ether oxygens (including phenoxy) is 1. The van der Waals surface area contributed by atoms with E-state index in [1.54, 1.807) is 17.0 Å². The van der Waals surface area contributed by atoms with E-state index in [4.69, 9.17) is 4.74 Å². The van der Waals surface area contributed by atoms with Crippen molar-refractivity contribution < 1.29 is 13.9 Å². The normalized spacial score (nSPS) is 24.9. The van der Waals surface area contributed by atoms with E-state index in [1.165, 1.54) is 0 Å². The zero-order chi connectivity index (χ0) is 20.4. The molecule has 3 rings (SSSR count). The highest BCUT2D eigenvalue weighted by Crippen LogP contribution is 2.45. The van der Waals surface area contributed by atoms with Crippen molar-refractivity contribution in [2.45, 2.75) is 57.2 Å². The molecule has 1 aromatic heterocycles. The Morgan fingerprint density at radius 2 is 2.04 bits per heavy atom. The number of carbonyl (C=O) groups excluding carboxylic acids is 1. The van der Waals surface area contributed by atoms with Gasteiger partial charge < -0.3 is 9.30 Å². The molecule has 3 atom stereocenters.